The van der Waals surface area contributed by atoms with E-state index < -0.39 is 0 Å². The second-order valence-corrected chi connectivity index (χ2v) is 6.79. The molecule has 2 aromatic rings. The molecule has 3 rings (SSSR count). The fraction of sp³-hybridized carbons (Fsp3) is 0.474. The quantitative estimate of drug-likeness (QED) is 0.874. The molecule has 0 bridgehead atoms. The van der Waals surface area contributed by atoms with Gasteiger partial charge >= 0.3 is 0 Å². The highest BCUT2D eigenvalue weighted by Gasteiger charge is 2.14. The van der Waals surface area contributed by atoms with E-state index >= 15 is 0 Å². The lowest BCUT2D eigenvalue weighted by Crippen LogP contribution is -2.45. The van der Waals surface area contributed by atoms with Gasteiger partial charge in [0.25, 0.3) is 0 Å². The minimum absolute atomic E-state index is 0.246. The van der Waals surface area contributed by atoms with Gasteiger partial charge in [0.1, 0.15) is 11.6 Å². The van der Waals surface area contributed by atoms with Crippen LogP contribution < -0.4 is 5.32 Å². The van der Waals surface area contributed by atoms with Gasteiger partial charge < -0.3 is 15.1 Å². The Morgan fingerprint density at radius 2 is 1.76 bits per heavy atom. The van der Waals surface area contributed by atoms with Crippen LogP contribution in [-0.4, -0.2) is 65.8 Å². The summed E-state index contributed by atoms with van der Waals surface area (Å²) in [7, 11) is 2.18. The molecule has 1 N–H and O–H groups in total. The molecule has 134 valence electrons. The van der Waals surface area contributed by atoms with E-state index in [0.717, 1.165) is 56.2 Å². The maximum absolute atomic E-state index is 13.0. The lowest BCUT2D eigenvalue weighted by Gasteiger charge is -2.33. The van der Waals surface area contributed by atoms with Gasteiger partial charge in [-0.25, -0.2) is 4.39 Å². The fourth-order valence-electron chi connectivity index (χ4n) is 2.96. The molecule has 0 amide bonds. The molecule has 0 aliphatic carbocycles. The van der Waals surface area contributed by atoms with Crippen LogP contribution in [0, 0.1) is 5.82 Å². The minimum atomic E-state index is -0.246. The number of rotatable bonds is 6. The maximum Gasteiger partial charge on any atom is 0.148 e. The molecular weight excluding hydrogens is 317 g/mol. The molecule has 1 atom stereocenters. The summed E-state index contributed by atoms with van der Waals surface area (Å²) in [4.78, 5) is 4.89. The summed E-state index contributed by atoms with van der Waals surface area (Å²) in [5.41, 5.74) is 1.61. The van der Waals surface area contributed by atoms with Gasteiger partial charge in [0, 0.05) is 44.3 Å². The van der Waals surface area contributed by atoms with Crippen LogP contribution >= 0.6 is 0 Å². The Labute approximate surface area is 148 Å². The highest BCUT2D eigenvalue weighted by Crippen LogP contribution is 2.18. The van der Waals surface area contributed by atoms with Gasteiger partial charge in [-0.05, 0) is 56.8 Å². The summed E-state index contributed by atoms with van der Waals surface area (Å²) < 4.78 is 13.0. The summed E-state index contributed by atoms with van der Waals surface area (Å²) in [6.07, 6.45) is 1.07. The lowest BCUT2D eigenvalue weighted by atomic mass is 10.1. The molecule has 1 aliphatic heterocycles. The van der Waals surface area contributed by atoms with Gasteiger partial charge in [-0.1, -0.05) is 0 Å². The van der Waals surface area contributed by atoms with Crippen LogP contribution in [0.15, 0.2) is 36.4 Å². The smallest absolute Gasteiger partial charge is 0.148 e. The monoisotopic (exact) mass is 343 g/mol. The molecule has 6 heteroatoms. The Morgan fingerprint density at radius 1 is 1.04 bits per heavy atom. The molecule has 2 heterocycles. The third kappa shape index (κ3) is 5.21. The number of nitrogens with one attached hydrogen (secondary N) is 1. The van der Waals surface area contributed by atoms with Crippen LogP contribution in [0.1, 0.15) is 13.3 Å². The van der Waals surface area contributed by atoms with Crippen LogP contribution in [0.25, 0.3) is 11.3 Å². The number of nitrogens with zero attached hydrogens (tertiary/aromatic N) is 4. The van der Waals surface area contributed by atoms with Gasteiger partial charge in [-0.3, -0.25) is 0 Å². The van der Waals surface area contributed by atoms with Crippen molar-refractivity contribution in [1.29, 1.82) is 0 Å². The summed E-state index contributed by atoms with van der Waals surface area (Å²) in [6, 6.07) is 10.5. The Kier molecular flexibility index (Phi) is 5.94. The number of hydrogen-bond acceptors (Lipinski definition) is 5. The molecule has 0 radical (unpaired) electrons. The van der Waals surface area contributed by atoms with Crippen LogP contribution in [-0.2, 0) is 0 Å². The van der Waals surface area contributed by atoms with E-state index in [0.29, 0.717) is 6.04 Å². The van der Waals surface area contributed by atoms with E-state index in [1.165, 1.54) is 12.1 Å². The molecule has 1 aliphatic rings. The first-order valence-electron chi connectivity index (χ1n) is 8.87. The van der Waals surface area contributed by atoms with Crippen molar-refractivity contribution in [3.8, 4) is 11.3 Å². The third-order valence-electron chi connectivity index (χ3n) is 4.67. The minimum Gasteiger partial charge on any atom is -0.366 e. The van der Waals surface area contributed by atoms with Crippen molar-refractivity contribution in [2.75, 3.05) is 45.1 Å². The predicted octanol–water partition coefficient (Wildman–Crippen LogP) is 2.72. The van der Waals surface area contributed by atoms with Crippen molar-refractivity contribution in [1.82, 2.24) is 20.0 Å². The topological polar surface area (TPSA) is 44.3 Å². The van der Waals surface area contributed by atoms with Crippen molar-refractivity contribution < 1.29 is 4.39 Å². The van der Waals surface area contributed by atoms with Crippen LogP contribution in [0.4, 0.5) is 10.2 Å². The second-order valence-electron chi connectivity index (χ2n) is 6.79. The number of halogens is 1. The van der Waals surface area contributed by atoms with Crippen molar-refractivity contribution in [3.05, 3.63) is 42.2 Å². The number of hydrogen-bond donors (Lipinski definition) is 1. The third-order valence-corrected chi connectivity index (χ3v) is 4.67. The standard InChI is InChI=1S/C19H26FN5/c1-15(9-10-25-13-11-24(2)12-14-25)21-19-8-7-18(22-23-19)16-3-5-17(20)6-4-16/h3-8,15H,9-14H2,1-2H3,(H,21,23). The molecule has 0 saturated carbocycles. The number of piperazine rings is 1. The SMILES string of the molecule is CC(CCN1CCN(C)CC1)Nc1ccc(-c2ccc(F)cc2)nn1. The van der Waals surface area contributed by atoms with Crippen LogP contribution in [0.2, 0.25) is 0 Å². The Bertz CT molecular complexity index is 651. The van der Waals surface area contributed by atoms with E-state index in [4.69, 9.17) is 0 Å². The number of aromatic nitrogens is 2. The average molecular weight is 343 g/mol. The highest BCUT2D eigenvalue weighted by atomic mass is 19.1. The number of benzene rings is 1. The molecule has 1 saturated heterocycles. The predicted molar refractivity (Wildman–Crippen MR) is 99.1 cm³/mol. The first kappa shape index (κ1) is 17.8. The molecule has 1 aromatic carbocycles. The van der Waals surface area contributed by atoms with E-state index in [2.05, 4.69) is 39.3 Å². The Balaban J connectivity index is 1.48. The molecule has 5 nitrogen and oxygen atoms in total. The normalized spacial score (nSPS) is 17.4. The summed E-state index contributed by atoms with van der Waals surface area (Å²) in [6.45, 7) is 7.87. The molecule has 1 fully saturated rings. The molecular formula is C19H26FN5. The largest absolute Gasteiger partial charge is 0.366 e. The Hall–Kier alpha value is -2.05. The van der Waals surface area contributed by atoms with Crippen molar-refractivity contribution >= 4 is 5.82 Å². The average Bonchev–Trinajstić information content (AvgIpc) is 2.63. The lowest BCUT2D eigenvalue weighted by molar-refractivity contribution is 0.151. The van der Waals surface area contributed by atoms with Gasteiger partial charge in [0.05, 0.1) is 5.69 Å². The molecule has 0 spiro atoms. The van der Waals surface area contributed by atoms with E-state index in [-0.39, 0.29) is 5.82 Å². The van der Waals surface area contributed by atoms with E-state index in [1.54, 1.807) is 12.1 Å². The molecule has 25 heavy (non-hydrogen) atoms. The van der Waals surface area contributed by atoms with Gasteiger partial charge in [0.15, 0.2) is 0 Å². The summed E-state index contributed by atoms with van der Waals surface area (Å²) in [5, 5.41) is 11.9. The summed E-state index contributed by atoms with van der Waals surface area (Å²) in [5.74, 6) is 0.529. The van der Waals surface area contributed by atoms with Crippen molar-refractivity contribution in [2.24, 2.45) is 0 Å². The number of likely N-dealkylation sites (N-methyl/N-ethyl adjacent to an activating group) is 1. The van der Waals surface area contributed by atoms with Gasteiger partial charge in [-0.15, -0.1) is 10.2 Å². The van der Waals surface area contributed by atoms with Crippen molar-refractivity contribution in [3.63, 3.8) is 0 Å². The number of anilines is 1. The van der Waals surface area contributed by atoms with E-state index in [9.17, 15) is 4.39 Å². The Morgan fingerprint density at radius 3 is 2.40 bits per heavy atom. The first-order valence-corrected chi connectivity index (χ1v) is 8.87. The first-order chi connectivity index (χ1) is 12.1. The molecule has 1 unspecified atom stereocenters. The second kappa shape index (κ2) is 8.36. The van der Waals surface area contributed by atoms with Crippen molar-refractivity contribution in [2.45, 2.75) is 19.4 Å². The van der Waals surface area contributed by atoms with Gasteiger partial charge in [-0.2, -0.15) is 0 Å². The van der Waals surface area contributed by atoms with Gasteiger partial charge in [0.2, 0.25) is 0 Å². The zero-order chi connectivity index (χ0) is 17.6. The molecule has 1 aromatic heterocycles. The zero-order valence-electron chi connectivity index (χ0n) is 15.0. The highest BCUT2D eigenvalue weighted by molar-refractivity contribution is 5.59. The van der Waals surface area contributed by atoms with Crippen LogP contribution in [0.3, 0.4) is 0 Å². The summed E-state index contributed by atoms with van der Waals surface area (Å²) >= 11 is 0. The fourth-order valence-corrected chi connectivity index (χ4v) is 2.96. The maximum atomic E-state index is 13.0. The van der Waals surface area contributed by atoms with E-state index in [1.807, 2.05) is 12.1 Å². The zero-order valence-corrected chi connectivity index (χ0v) is 15.0. The van der Waals surface area contributed by atoms with Crippen LogP contribution in [0.5, 0.6) is 0 Å².